The number of carbonyl (C=O) groups is 1. The predicted molar refractivity (Wildman–Crippen MR) is 121 cm³/mol. The summed E-state index contributed by atoms with van der Waals surface area (Å²) in [5.74, 6) is -0.116. The highest BCUT2D eigenvalue weighted by atomic mass is 35.5. The number of allylic oxidation sites excluding steroid dienone is 3. The maximum atomic E-state index is 13.3. The van der Waals surface area contributed by atoms with Crippen molar-refractivity contribution < 1.29 is 18.0 Å². The molecule has 1 aromatic carbocycles. The summed E-state index contributed by atoms with van der Waals surface area (Å²) >= 11 is 5.88. The van der Waals surface area contributed by atoms with Crippen molar-refractivity contribution in [2.24, 2.45) is 10.9 Å². The fourth-order valence-electron chi connectivity index (χ4n) is 3.06. The third kappa shape index (κ3) is 7.05. The van der Waals surface area contributed by atoms with Gasteiger partial charge in [-0.1, -0.05) is 17.7 Å². The minimum absolute atomic E-state index is 0.171. The SMILES string of the molecule is C/C=C\C(=C/C=N)N/C(=N\C=N)C(C)N(CC1CC1)C(=O)c1cc(Cl)cc(C(F)(F)F)c1. The van der Waals surface area contributed by atoms with Crippen molar-refractivity contribution in [3.63, 3.8) is 0 Å². The van der Waals surface area contributed by atoms with E-state index in [0.29, 0.717) is 12.2 Å². The molecule has 1 atom stereocenters. The van der Waals surface area contributed by atoms with Gasteiger partial charge in [0.15, 0.2) is 0 Å². The number of nitrogens with one attached hydrogen (secondary N) is 3. The molecule has 10 heteroatoms. The molecule has 1 aliphatic rings. The summed E-state index contributed by atoms with van der Waals surface area (Å²) in [6, 6.07) is 2.11. The summed E-state index contributed by atoms with van der Waals surface area (Å²) in [7, 11) is 0. The van der Waals surface area contributed by atoms with Crippen LogP contribution in [0.2, 0.25) is 5.02 Å². The van der Waals surface area contributed by atoms with Gasteiger partial charge in [0, 0.05) is 29.0 Å². The molecule has 1 fully saturated rings. The molecule has 2 rings (SSSR count). The van der Waals surface area contributed by atoms with Crippen molar-refractivity contribution in [3.8, 4) is 0 Å². The van der Waals surface area contributed by atoms with Gasteiger partial charge in [-0.15, -0.1) is 0 Å². The summed E-state index contributed by atoms with van der Waals surface area (Å²) in [5, 5.41) is 17.5. The van der Waals surface area contributed by atoms with E-state index in [1.165, 1.54) is 17.0 Å². The lowest BCUT2D eigenvalue weighted by atomic mass is 10.1. The summed E-state index contributed by atoms with van der Waals surface area (Å²) < 4.78 is 39.7. The zero-order chi connectivity index (χ0) is 23.9. The molecule has 3 N–H and O–H groups in total. The van der Waals surface area contributed by atoms with Crippen LogP contribution < -0.4 is 5.32 Å². The molecular weight excluding hydrogens is 443 g/mol. The molecule has 1 aromatic rings. The van der Waals surface area contributed by atoms with Crippen molar-refractivity contribution in [2.75, 3.05) is 6.54 Å². The van der Waals surface area contributed by atoms with Crippen LogP contribution in [0.1, 0.15) is 42.6 Å². The van der Waals surface area contributed by atoms with Crippen molar-refractivity contribution in [1.29, 1.82) is 10.8 Å². The van der Waals surface area contributed by atoms with Crippen LogP contribution in [0.3, 0.4) is 0 Å². The molecule has 0 aromatic heterocycles. The Hall–Kier alpha value is -2.94. The first kappa shape index (κ1) is 25.3. The van der Waals surface area contributed by atoms with Gasteiger partial charge in [-0.25, -0.2) is 4.99 Å². The normalized spacial score (nSPS) is 16.1. The van der Waals surface area contributed by atoms with Crippen LogP contribution in [-0.4, -0.2) is 41.8 Å². The van der Waals surface area contributed by atoms with Gasteiger partial charge < -0.3 is 15.6 Å². The van der Waals surface area contributed by atoms with E-state index in [4.69, 9.17) is 22.4 Å². The number of hydrogen-bond acceptors (Lipinski definition) is 3. The molecule has 1 aliphatic carbocycles. The Balaban J connectivity index is 2.43. The Bertz CT molecular complexity index is 951. The lowest BCUT2D eigenvalue weighted by molar-refractivity contribution is -0.137. The van der Waals surface area contributed by atoms with Crippen molar-refractivity contribution in [3.05, 3.63) is 58.3 Å². The van der Waals surface area contributed by atoms with E-state index in [9.17, 15) is 18.0 Å². The van der Waals surface area contributed by atoms with Gasteiger partial charge in [-0.2, -0.15) is 13.2 Å². The van der Waals surface area contributed by atoms with Gasteiger partial charge in [0.25, 0.3) is 5.91 Å². The van der Waals surface area contributed by atoms with Gasteiger partial charge in [0.05, 0.1) is 11.6 Å². The highest BCUT2D eigenvalue weighted by molar-refractivity contribution is 6.31. The van der Waals surface area contributed by atoms with Gasteiger partial charge in [0.2, 0.25) is 0 Å². The molecular formula is C22H25ClF3N5O. The van der Waals surface area contributed by atoms with Crippen molar-refractivity contribution in [2.45, 2.75) is 38.9 Å². The zero-order valence-corrected chi connectivity index (χ0v) is 18.5. The Morgan fingerprint density at radius 1 is 1.34 bits per heavy atom. The molecule has 1 unspecified atom stereocenters. The van der Waals surface area contributed by atoms with E-state index in [-0.39, 0.29) is 22.3 Å². The zero-order valence-electron chi connectivity index (χ0n) is 17.7. The van der Waals surface area contributed by atoms with Crippen LogP contribution in [-0.2, 0) is 6.18 Å². The first-order valence-electron chi connectivity index (χ1n) is 9.96. The van der Waals surface area contributed by atoms with Crippen LogP contribution in [0.15, 0.2) is 47.1 Å². The van der Waals surface area contributed by atoms with Gasteiger partial charge in [0.1, 0.15) is 12.2 Å². The molecule has 0 heterocycles. The number of nitrogens with zero attached hydrogens (tertiary/aromatic N) is 2. The van der Waals surface area contributed by atoms with Crippen molar-refractivity contribution in [1.82, 2.24) is 10.2 Å². The third-order valence-corrected chi connectivity index (χ3v) is 5.05. The summed E-state index contributed by atoms with van der Waals surface area (Å²) in [6.07, 6.45) is 4.00. The van der Waals surface area contributed by atoms with Crippen LogP contribution in [0, 0.1) is 16.7 Å². The maximum absolute atomic E-state index is 13.3. The van der Waals surface area contributed by atoms with Crippen LogP contribution >= 0.6 is 11.6 Å². The minimum Gasteiger partial charge on any atom is -0.342 e. The number of halogens is 4. The number of amides is 1. The number of amidine groups is 1. The Labute approximate surface area is 189 Å². The fraction of sp³-hybridized carbons (Fsp3) is 0.364. The second-order valence-electron chi connectivity index (χ2n) is 7.36. The number of alkyl halides is 3. The highest BCUT2D eigenvalue weighted by Gasteiger charge is 2.35. The summed E-state index contributed by atoms with van der Waals surface area (Å²) in [5.41, 5.74) is -0.658. The maximum Gasteiger partial charge on any atom is 0.416 e. The second-order valence-corrected chi connectivity index (χ2v) is 7.80. The molecule has 32 heavy (non-hydrogen) atoms. The lowest BCUT2D eigenvalue weighted by Crippen LogP contribution is -2.48. The van der Waals surface area contributed by atoms with Crippen LogP contribution in [0.25, 0.3) is 0 Å². The number of carbonyl (C=O) groups excluding carboxylic acids is 1. The van der Waals surface area contributed by atoms with Gasteiger partial charge >= 0.3 is 6.18 Å². The average molecular weight is 468 g/mol. The van der Waals surface area contributed by atoms with Crippen LogP contribution in [0.4, 0.5) is 13.2 Å². The second kappa shape index (κ2) is 11.1. The smallest absolute Gasteiger partial charge is 0.342 e. The predicted octanol–water partition coefficient (Wildman–Crippen LogP) is 5.30. The van der Waals surface area contributed by atoms with E-state index in [0.717, 1.165) is 37.5 Å². The molecule has 0 aliphatic heterocycles. The number of aliphatic imine (C=N–C) groups is 1. The van der Waals surface area contributed by atoms with E-state index >= 15 is 0 Å². The average Bonchev–Trinajstić information content (AvgIpc) is 3.54. The van der Waals surface area contributed by atoms with Gasteiger partial charge in [-0.05, 0) is 63.0 Å². The molecule has 1 saturated carbocycles. The monoisotopic (exact) mass is 467 g/mol. The van der Waals surface area contributed by atoms with Crippen LogP contribution in [0.5, 0.6) is 0 Å². The Morgan fingerprint density at radius 2 is 2.03 bits per heavy atom. The van der Waals surface area contributed by atoms with E-state index < -0.39 is 23.7 Å². The van der Waals surface area contributed by atoms with E-state index in [1.807, 2.05) is 0 Å². The largest absolute Gasteiger partial charge is 0.416 e. The fourth-order valence-corrected chi connectivity index (χ4v) is 3.29. The van der Waals surface area contributed by atoms with E-state index in [2.05, 4.69) is 10.3 Å². The Morgan fingerprint density at radius 3 is 2.56 bits per heavy atom. The molecule has 6 nitrogen and oxygen atoms in total. The first-order chi connectivity index (χ1) is 15.1. The number of rotatable bonds is 9. The number of benzene rings is 1. The highest BCUT2D eigenvalue weighted by Crippen LogP contribution is 2.34. The lowest BCUT2D eigenvalue weighted by Gasteiger charge is -2.31. The summed E-state index contributed by atoms with van der Waals surface area (Å²) in [6.45, 7) is 3.80. The third-order valence-electron chi connectivity index (χ3n) is 4.83. The Kier molecular flexibility index (Phi) is 8.77. The number of hydrogen-bond donors (Lipinski definition) is 3. The minimum atomic E-state index is -4.64. The standard InChI is InChI=1S/C22H25ClF3N5O/c1-3-4-19(7-8-27)30-20(29-13-28)14(2)31(12-15-5-6-15)21(32)16-9-17(22(24,25)26)11-18(23)10-16/h3-4,7-11,13-15,27H,5-6,12H2,1-2H3,(H2,28,29,30)/b4-3-,19-7+,27-8?. The molecule has 0 saturated heterocycles. The van der Waals surface area contributed by atoms with Gasteiger partial charge in [-0.3, -0.25) is 10.2 Å². The quantitative estimate of drug-likeness (QED) is 0.261. The molecule has 0 radical (unpaired) electrons. The molecule has 0 spiro atoms. The van der Waals surface area contributed by atoms with E-state index in [1.54, 1.807) is 26.0 Å². The molecule has 172 valence electrons. The van der Waals surface area contributed by atoms with Crippen molar-refractivity contribution >= 4 is 35.9 Å². The molecule has 0 bridgehead atoms. The first-order valence-corrected chi connectivity index (χ1v) is 10.3. The molecule has 1 amide bonds. The summed E-state index contributed by atoms with van der Waals surface area (Å²) in [4.78, 5) is 18.8. The topological polar surface area (TPSA) is 92.4 Å².